The van der Waals surface area contributed by atoms with Gasteiger partial charge in [-0.3, -0.25) is 14.2 Å². The van der Waals surface area contributed by atoms with Gasteiger partial charge in [0.05, 0.1) is 11.1 Å². The normalized spacial score (nSPS) is 11.5. The number of fused-ring (bicyclic) bond motifs is 1. The van der Waals surface area contributed by atoms with Crippen LogP contribution in [0.2, 0.25) is 0 Å². The number of aryl methyl sites for hydroxylation is 1. The Bertz CT molecular complexity index is 1530. The highest BCUT2D eigenvalue weighted by Crippen LogP contribution is 2.34. The second-order valence-corrected chi connectivity index (χ2v) is 10.3. The van der Waals surface area contributed by atoms with Gasteiger partial charge in [-0.05, 0) is 61.9 Å². The number of thioether (sulfide) groups is 1. The van der Waals surface area contributed by atoms with E-state index in [0.717, 1.165) is 38.2 Å². The summed E-state index contributed by atoms with van der Waals surface area (Å²) < 4.78 is 1.48. The maximum absolute atomic E-state index is 13.1. The van der Waals surface area contributed by atoms with E-state index in [2.05, 4.69) is 20.6 Å². The third-order valence-electron chi connectivity index (χ3n) is 6.01. The van der Waals surface area contributed by atoms with Gasteiger partial charge in [-0.15, -0.1) is 11.8 Å². The van der Waals surface area contributed by atoms with E-state index in [1.54, 1.807) is 39.2 Å². The fourth-order valence-electron chi connectivity index (χ4n) is 4.36. The highest BCUT2D eigenvalue weighted by Gasteiger charge is 2.20. The van der Waals surface area contributed by atoms with Crippen LogP contribution < -0.4 is 16.2 Å². The number of nitrogens with zero attached hydrogens (tertiary/aromatic N) is 3. The molecule has 192 valence electrons. The number of para-hydroxylation sites is 1. The van der Waals surface area contributed by atoms with Crippen LogP contribution in [-0.4, -0.2) is 44.5 Å². The maximum Gasteiger partial charge on any atom is 0.251 e. The zero-order chi connectivity index (χ0) is 26.7. The number of pyridine rings is 1. The molecule has 1 amide bonds. The van der Waals surface area contributed by atoms with Crippen LogP contribution in [0.1, 0.15) is 25.0 Å². The first kappa shape index (κ1) is 26.4. The van der Waals surface area contributed by atoms with Crippen LogP contribution in [0.15, 0.2) is 64.5 Å². The molecule has 37 heavy (non-hydrogen) atoms. The van der Waals surface area contributed by atoms with Gasteiger partial charge in [-0.2, -0.15) is 0 Å². The monoisotopic (exact) mass is 517 g/mol. The van der Waals surface area contributed by atoms with E-state index in [9.17, 15) is 14.7 Å². The molecule has 0 fully saturated rings. The van der Waals surface area contributed by atoms with Crippen molar-refractivity contribution in [2.24, 2.45) is 0 Å². The Balaban J connectivity index is 1.70. The van der Waals surface area contributed by atoms with E-state index in [1.807, 2.05) is 49.6 Å². The van der Waals surface area contributed by atoms with Gasteiger partial charge in [0.2, 0.25) is 11.9 Å². The van der Waals surface area contributed by atoms with Gasteiger partial charge in [0.25, 0.3) is 5.56 Å². The van der Waals surface area contributed by atoms with E-state index < -0.39 is 5.60 Å². The topological polar surface area (TPSA) is 109 Å². The number of hydrogen-bond donors (Lipinski definition) is 3. The molecule has 9 heteroatoms. The molecule has 2 heterocycles. The third-order valence-corrected chi connectivity index (χ3v) is 6.70. The van der Waals surface area contributed by atoms with Gasteiger partial charge in [0, 0.05) is 42.4 Å². The minimum absolute atomic E-state index is 0.115. The summed E-state index contributed by atoms with van der Waals surface area (Å²) in [4.78, 5) is 34.8. The SMILES string of the molecule is CNc1ncc(-c2cc(NC(=O)Cn3c(=O)cc(C)c4ccccc43)ccc2CC(C)(C)O)c(SC)n1. The molecule has 0 atom stereocenters. The lowest BCUT2D eigenvalue weighted by Gasteiger charge is -2.21. The molecule has 0 aliphatic carbocycles. The zero-order valence-electron chi connectivity index (χ0n) is 21.6. The number of amides is 1. The molecule has 3 N–H and O–H groups in total. The lowest BCUT2D eigenvalue weighted by atomic mass is 9.92. The van der Waals surface area contributed by atoms with Crippen LogP contribution >= 0.6 is 11.8 Å². The van der Waals surface area contributed by atoms with Gasteiger partial charge in [-0.1, -0.05) is 24.3 Å². The van der Waals surface area contributed by atoms with Crippen molar-refractivity contribution in [2.45, 2.75) is 44.4 Å². The van der Waals surface area contributed by atoms with Crippen LogP contribution in [0.5, 0.6) is 0 Å². The predicted octanol–water partition coefficient (Wildman–Crippen LogP) is 4.48. The summed E-state index contributed by atoms with van der Waals surface area (Å²) in [5.74, 6) is 0.196. The maximum atomic E-state index is 13.1. The fourth-order valence-corrected chi connectivity index (χ4v) is 4.92. The van der Waals surface area contributed by atoms with E-state index in [1.165, 1.54) is 16.3 Å². The van der Waals surface area contributed by atoms with E-state index >= 15 is 0 Å². The van der Waals surface area contributed by atoms with Crippen molar-refractivity contribution in [1.29, 1.82) is 0 Å². The van der Waals surface area contributed by atoms with Crippen LogP contribution in [0.25, 0.3) is 22.0 Å². The number of benzene rings is 2. The van der Waals surface area contributed by atoms with E-state index in [4.69, 9.17) is 0 Å². The second kappa shape index (κ2) is 10.7. The molecule has 0 bridgehead atoms. The minimum Gasteiger partial charge on any atom is -0.390 e. The molecule has 4 rings (SSSR count). The smallest absolute Gasteiger partial charge is 0.251 e. The summed E-state index contributed by atoms with van der Waals surface area (Å²) >= 11 is 1.49. The predicted molar refractivity (Wildman–Crippen MR) is 150 cm³/mol. The molecule has 0 aliphatic heterocycles. The Hall–Kier alpha value is -3.69. The summed E-state index contributed by atoms with van der Waals surface area (Å²) in [5.41, 5.74) is 3.55. The average Bonchev–Trinajstić information content (AvgIpc) is 2.86. The second-order valence-electron chi connectivity index (χ2n) is 9.54. The van der Waals surface area contributed by atoms with Crippen molar-refractivity contribution in [3.63, 3.8) is 0 Å². The number of anilines is 2. The van der Waals surface area contributed by atoms with Gasteiger partial charge in [0.1, 0.15) is 11.6 Å². The summed E-state index contributed by atoms with van der Waals surface area (Å²) in [6.07, 6.45) is 4.09. The van der Waals surface area contributed by atoms with Crippen molar-refractivity contribution < 1.29 is 9.90 Å². The highest BCUT2D eigenvalue weighted by atomic mass is 32.2. The first-order valence-electron chi connectivity index (χ1n) is 11.9. The van der Waals surface area contributed by atoms with Crippen LogP contribution in [0.3, 0.4) is 0 Å². The van der Waals surface area contributed by atoms with E-state index in [-0.39, 0.29) is 18.0 Å². The van der Waals surface area contributed by atoms with Crippen LogP contribution in [0.4, 0.5) is 11.6 Å². The van der Waals surface area contributed by atoms with Gasteiger partial charge >= 0.3 is 0 Å². The number of aliphatic hydroxyl groups is 1. The first-order chi connectivity index (χ1) is 17.6. The molecule has 0 radical (unpaired) electrons. The van der Waals surface area contributed by atoms with Gasteiger partial charge in [0.15, 0.2) is 0 Å². The number of aromatic nitrogens is 3. The molecule has 2 aromatic heterocycles. The zero-order valence-corrected chi connectivity index (χ0v) is 22.4. The molecule has 0 unspecified atom stereocenters. The standard InChI is InChI=1S/C28H31N5O3S/c1-17-12-25(35)33(23-9-7-6-8-20(17)23)16-24(34)31-19-11-10-18(14-28(2,3)36)21(13-19)22-15-30-27(29-4)32-26(22)37-5/h6-13,15,36H,14,16H2,1-5H3,(H,31,34)(H,29,30,32). The van der Waals surface area contributed by atoms with Gasteiger partial charge < -0.3 is 15.7 Å². The summed E-state index contributed by atoms with van der Waals surface area (Å²) in [6, 6.07) is 14.7. The molecule has 0 aliphatic rings. The number of nitrogens with one attached hydrogen (secondary N) is 2. The largest absolute Gasteiger partial charge is 0.390 e. The number of carbonyl (C=O) groups excluding carboxylic acids is 1. The molecule has 4 aromatic rings. The molecule has 0 spiro atoms. The van der Waals surface area contributed by atoms with Crippen molar-refractivity contribution >= 4 is 40.2 Å². The van der Waals surface area contributed by atoms with Crippen LogP contribution in [0, 0.1) is 6.92 Å². The molecule has 2 aromatic carbocycles. The summed E-state index contributed by atoms with van der Waals surface area (Å²) in [6.45, 7) is 5.29. The van der Waals surface area contributed by atoms with Crippen molar-refractivity contribution in [1.82, 2.24) is 14.5 Å². The summed E-state index contributed by atoms with van der Waals surface area (Å²) in [5, 5.41) is 18.1. The molecular weight excluding hydrogens is 486 g/mol. The third kappa shape index (κ3) is 6.00. The van der Waals surface area contributed by atoms with Crippen LogP contribution in [-0.2, 0) is 17.8 Å². The van der Waals surface area contributed by atoms with Crippen molar-refractivity contribution in [2.75, 3.05) is 23.9 Å². The Morgan fingerprint density at radius 1 is 1.14 bits per heavy atom. The summed E-state index contributed by atoms with van der Waals surface area (Å²) in [7, 11) is 1.76. The van der Waals surface area contributed by atoms with Gasteiger partial charge in [-0.25, -0.2) is 9.97 Å². The average molecular weight is 518 g/mol. The number of rotatable bonds is 8. The van der Waals surface area contributed by atoms with Crippen molar-refractivity contribution in [3.05, 3.63) is 76.2 Å². The minimum atomic E-state index is -0.932. The van der Waals surface area contributed by atoms with Crippen molar-refractivity contribution in [3.8, 4) is 11.1 Å². The first-order valence-corrected chi connectivity index (χ1v) is 13.2. The number of hydrogen-bond acceptors (Lipinski definition) is 7. The Labute approximate surface area is 220 Å². The lowest BCUT2D eigenvalue weighted by Crippen LogP contribution is -2.28. The fraction of sp³-hybridized carbons (Fsp3) is 0.286. The lowest BCUT2D eigenvalue weighted by molar-refractivity contribution is -0.116. The Morgan fingerprint density at radius 2 is 1.89 bits per heavy atom. The molecule has 0 saturated heterocycles. The Kier molecular flexibility index (Phi) is 7.65. The van der Waals surface area contributed by atoms with E-state index in [0.29, 0.717) is 18.1 Å². The highest BCUT2D eigenvalue weighted by molar-refractivity contribution is 7.98. The molecule has 0 saturated carbocycles. The molecule has 8 nitrogen and oxygen atoms in total. The quantitative estimate of drug-likeness (QED) is 0.233. The Morgan fingerprint density at radius 3 is 2.59 bits per heavy atom. The number of carbonyl (C=O) groups is 1. The molecular formula is C28H31N5O3S.